The van der Waals surface area contributed by atoms with E-state index in [1.54, 1.807) is 0 Å². The summed E-state index contributed by atoms with van der Waals surface area (Å²) in [5.74, 6) is 0.754. The zero-order valence-corrected chi connectivity index (χ0v) is 18.3. The molecule has 0 bridgehead atoms. The summed E-state index contributed by atoms with van der Waals surface area (Å²) in [6.07, 6.45) is 6.17. The number of hydrogen-bond acceptors (Lipinski definition) is 2. The molecule has 1 N–H and O–H groups in total. The molecule has 31 heavy (non-hydrogen) atoms. The third kappa shape index (κ3) is 5.87. The standard InChI is InChI=1S/C26H33N3O2/c30-25(28-16-4-5-17-28)24-10-8-22(9-11-24)20-23-13-18-29(19-14-23)26(31)27-15-12-21-6-2-1-3-7-21/h1-3,6-11,23H,4-5,12-20H2,(H,27,31). The van der Waals surface area contributed by atoms with Crippen LogP contribution in [0.5, 0.6) is 0 Å². The van der Waals surface area contributed by atoms with Crippen molar-refractivity contribution < 1.29 is 9.59 Å². The van der Waals surface area contributed by atoms with E-state index >= 15 is 0 Å². The van der Waals surface area contributed by atoms with Crippen molar-refractivity contribution in [3.63, 3.8) is 0 Å². The Labute approximate surface area is 185 Å². The first-order chi connectivity index (χ1) is 15.2. The molecule has 5 nitrogen and oxygen atoms in total. The quantitative estimate of drug-likeness (QED) is 0.765. The minimum Gasteiger partial charge on any atom is -0.339 e. The van der Waals surface area contributed by atoms with Crippen LogP contribution in [0.1, 0.15) is 47.2 Å². The highest BCUT2D eigenvalue weighted by atomic mass is 16.2. The normalized spacial score (nSPS) is 17.0. The lowest BCUT2D eigenvalue weighted by Crippen LogP contribution is -2.45. The van der Waals surface area contributed by atoms with Crippen molar-refractivity contribution in [2.24, 2.45) is 5.92 Å². The van der Waals surface area contributed by atoms with Gasteiger partial charge in [0.05, 0.1) is 0 Å². The lowest BCUT2D eigenvalue weighted by Gasteiger charge is -2.32. The number of rotatable bonds is 6. The zero-order chi connectivity index (χ0) is 21.5. The number of carbonyl (C=O) groups is 2. The topological polar surface area (TPSA) is 52.7 Å². The molecule has 0 atom stereocenters. The minimum atomic E-state index is 0.0548. The fraction of sp³-hybridized carbons (Fsp3) is 0.462. The second-order valence-corrected chi connectivity index (χ2v) is 8.80. The van der Waals surface area contributed by atoms with Crippen LogP contribution in [0.15, 0.2) is 54.6 Å². The van der Waals surface area contributed by atoms with E-state index in [-0.39, 0.29) is 11.9 Å². The van der Waals surface area contributed by atoms with Gasteiger partial charge in [0.2, 0.25) is 0 Å². The second kappa shape index (κ2) is 10.5. The Kier molecular flexibility index (Phi) is 7.23. The van der Waals surface area contributed by atoms with Crippen LogP contribution in [0.4, 0.5) is 4.79 Å². The van der Waals surface area contributed by atoms with Crippen LogP contribution in [0.2, 0.25) is 0 Å². The number of carbonyl (C=O) groups excluding carboxylic acids is 2. The molecular formula is C26H33N3O2. The number of amides is 3. The first-order valence-electron chi connectivity index (χ1n) is 11.6. The molecule has 2 fully saturated rings. The average molecular weight is 420 g/mol. The first-order valence-corrected chi connectivity index (χ1v) is 11.6. The number of benzene rings is 2. The summed E-state index contributed by atoms with van der Waals surface area (Å²) in [5.41, 5.74) is 3.33. The Bertz CT molecular complexity index is 852. The van der Waals surface area contributed by atoms with Crippen LogP contribution < -0.4 is 5.32 Å². The Balaban J connectivity index is 1.18. The molecule has 5 heteroatoms. The predicted octanol–water partition coefficient (Wildman–Crippen LogP) is 4.13. The van der Waals surface area contributed by atoms with E-state index in [1.165, 1.54) is 11.1 Å². The number of likely N-dealkylation sites (tertiary alicyclic amines) is 2. The molecule has 2 aromatic rings. The summed E-state index contributed by atoms with van der Waals surface area (Å²) in [5, 5.41) is 3.06. The van der Waals surface area contributed by atoms with Crippen LogP contribution in [0.25, 0.3) is 0 Å². The molecule has 0 aromatic heterocycles. The maximum absolute atomic E-state index is 12.5. The molecule has 0 spiro atoms. The van der Waals surface area contributed by atoms with Gasteiger partial charge in [-0.2, -0.15) is 0 Å². The average Bonchev–Trinajstić information content (AvgIpc) is 3.35. The monoisotopic (exact) mass is 419 g/mol. The number of nitrogens with zero attached hydrogens (tertiary/aromatic N) is 2. The molecule has 3 amide bonds. The van der Waals surface area contributed by atoms with Gasteiger partial charge < -0.3 is 15.1 Å². The maximum Gasteiger partial charge on any atom is 0.317 e. The molecule has 2 aliphatic rings. The summed E-state index contributed by atoms with van der Waals surface area (Å²) in [6, 6.07) is 18.5. The van der Waals surface area contributed by atoms with E-state index in [0.29, 0.717) is 12.5 Å². The molecule has 4 rings (SSSR count). The molecule has 2 aromatic carbocycles. The van der Waals surface area contributed by atoms with E-state index in [0.717, 1.165) is 70.3 Å². The Hall–Kier alpha value is -2.82. The van der Waals surface area contributed by atoms with Gasteiger partial charge in [-0.25, -0.2) is 4.79 Å². The number of urea groups is 1. The molecule has 2 saturated heterocycles. The van der Waals surface area contributed by atoms with Crippen LogP contribution in [0.3, 0.4) is 0 Å². The highest BCUT2D eigenvalue weighted by molar-refractivity contribution is 5.94. The van der Waals surface area contributed by atoms with E-state index in [9.17, 15) is 9.59 Å². The van der Waals surface area contributed by atoms with Crippen molar-refractivity contribution in [1.29, 1.82) is 0 Å². The van der Waals surface area contributed by atoms with E-state index in [2.05, 4.69) is 29.6 Å². The van der Waals surface area contributed by atoms with E-state index in [1.807, 2.05) is 40.1 Å². The zero-order valence-electron chi connectivity index (χ0n) is 18.3. The Morgan fingerprint density at radius 2 is 1.48 bits per heavy atom. The first kappa shape index (κ1) is 21.4. The minimum absolute atomic E-state index is 0.0548. The van der Waals surface area contributed by atoms with E-state index in [4.69, 9.17) is 0 Å². The molecule has 0 radical (unpaired) electrons. The third-order valence-electron chi connectivity index (χ3n) is 6.55. The highest BCUT2D eigenvalue weighted by Gasteiger charge is 2.23. The highest BCUT2D eigenvalue weighted by Crippen LogP contribution is 2.22. The van der Waals surface area contributed by atoms with E-state index < -0.39 is 0 Å². The number of nitrogens with one attached hydrogen (secondary N) is 1. The maximum atomic E-state index is 12.5. The largest absolute Gasteiger partial charge is 0.339 e. The summed E-state index contributed by atoms with van der Waals surface area (Å²) in [4.78, 5) is 28.8. The molecule has 0 unspecified atom stereocenters. The van der Waals surface area contributed by atoms with Crippen molar-refractivity contribution in [3.05, 3.63) is 71.3 Å². The van der Waals surface area contributed by atoms with Crippen molar-refractivity contribution in [2.75, 3.05) is 32.7 Å². The molecule has 2 aliphatic heterocycles. The van der Waals surface area contributed by atoms with Gasteiger partial charge in [0.1, 0.15) is 0 Å². The van der Waals surface area contributed by atoms with Gasteiger partial charge in [-0.3, -0.25) is 4.79 Å². The van der Waals surface area contributed by atoms with Gasteiger partial charge in [0.15, 0.2) is 0 Å². The molecular weight excluding hydrogens is 386 g/mol. The SMILES string of the molecule is O=C(NCCc1ccccc1)N1CCC(Cc2ccc(C(=O)N3CCCC3)cc2)CC1. The van der Waals surface area contributed by atoms with Gasteiger partial charge in [-0.15, -0.1) is 0 Å². The van der Waals surface area contributed by atoms with Gasteiger partial charge in [-0.1, -0.05) is 42.5 Å². The van der Waals surface area contributed by atoms with Crippen LogP contribution in [-0.2, 0) is 12.8 Å². The fourth-order valence-corrected chi connectivity index (χ4v) is 4.63. The molecule has 0 aliphatic carbocycles. The second-order valence-electron chi connectivity index (χ2n) is 8.80. The van der Waals surface area contributed by atoms with Crippen molar-refractivity contribution in [3.8, 4) is 0 Å². The summed E-state index contributed by atoms with van der Waals surface area (Å²) in [7, 11) is 0. The molecule has 2 heterocycles. The molecule has 164 valence electrons. The van der Waals surface area contributed by atoms with Crippen molar-refractivity contribution >= 4 is 11.9 Å². The smallest absolute Gasteiger partial charge is 0.317 e. The predicted molar refractivity (Wildman–Crippen MR) is 123 cm³/mol. The third-order valence-corrected chi connectivity index (χ3v) is 6.55. The Morgan fingerprint density at radius 3 is 2.16 bits per heavy atom. The van der Waals surface area contributed by atoms with Crippen LogP contribution in [0, 0.1) is 5.92 Å². The fourth-order valence-electron chi connectivity index (χ4n) is 4.63. The van der Waals surface area contributed by atoms with Gasteiger partial charge >= 0.3 is 6.03 Å². The van der Waals surface area contributed by atoms with Crippen LogP contribution in [-0.4, -0.2) is 54.5 Å². The van der Waals surface area contributed by atoms with Crippen molar-refractivity contribution in [2.45, 2.75) is 38.5 Å². The number of piperidine rings is 1. The molecule has 0 saturated carbocycles. The summed E-state index contributed by atoms with van der Waals surface area (Å²) in [6.45, 7) is 4.07. The van der Waals surface area contributed by atoms with Gasteiger partial charge in [-0.05, 0) is 67.7 Å². The van der Waals surface area contributed by atoms with Gasteiger partial charge in [0.25, 0.3) is 5.91 Å². The van der Waals surface area contributed by atoms with Crippen molar-refractivity contribution in [1.82, 2.24) is 15.1 Å². The van der Waals surface area contributed by atoms with Crippen LogP contribution >= 0.6 is 0 Å². The van der Waals surface area contributed by atoms with Gasteiger partial charge in [0, 0.05) is 38.3 Å². The Morgan fingerprint density at radius 1 is 0.806 bits per heavy atom. The lowest BCUT2D eigenvalue weighted by atomic mass is 9.90. The number of hydrogen-bond donors (Lipinski definition) is 1. The summed E-state index contributed by atoms with van der Waals surface area (Å²) < 4.78 is 0. The summed E-state index contributed by atoms with van der Waals surface area (Å²) >= 11 is 0. The lowest BCUT2D eigenvalue weighted by molar-refractivity contribution is 0.0793.